The Morgan fingerprint density at radius 2 is 1.97 bits per heavy atom. The van der Waals surface area contributed by atoms with Crippen LogP contribution in [0.25, 0.3) is 10.3 Å². The van der Waals surface area contributed by atoms with Crippen molar-refractivity contribution in [1.82, 2.24) is 20.3 Å². The van der Waals surface area contributed by atoms with E-state index in [9.17, 15) is 13.2 Å². The van der Waals surface area contributed by atoms with Crippen LogP contribution >= 0.6 is 11.3 Å². The zero-order valence-electron chi connectivity index (χ0n) is 21.8. The summed E-state index contributed by atoms with van der Waals surface area (Å²) in [6, 6.07) is 9.92. The summed E-state index contributed by atoms with van der Waals surface area (Å²) in [4.78, 5) is 23.3. The van der Waals surface area contributed by atoms with E-state index < -0.39 is 21.0 Å². The molecule has 0 radical (unpaired) electrons. The summed E-state index contributed by atoms with van der Waals surface area (Å²) in [5.74, 6) is 0.0833. The molecule has 0 unspecified atom stereocenters. The van der Waals surface area contributed by atoms with E-state index >= 15 is 0 Å². The number of fused-ring (bicyclic) bond motifs is 1. The highest BCUT2D eigenvalue weighted by molar-refractivity contribution is 7.92. The second-order valence-corrected chi connectivity index (χ2v) is 12.6. The Kier molecular flexibility index (Phi) is 8.70. The molecule has 0 aliphatic carbocycles. The number of carbonyl (C=O) groups excluding carboxylic acids is 1. The molecule has 13 heteroatoms. The molecule has 39 heavy (non-hydrogen) atoms. The summed E-state index contributed by atoms with van der Waals surface area (Å²) in [7, 11) is -1.61. The predicted octanol–water partition coefficient (Wildman–Crippen LogP) is 2.68. The van der Waals surface area contributed by atoms with Crippen molar-refractivity contribution in [3.8, 4) is 5.88 Å². The van der Waals surface area contributed by atoms with E-state index in [4.69, 9.17) is 9.47 Å². The van der Waals surface area contributed by atoms with Gasteiger partial charge in [0.05, 0.1) is 23.4 Å². The van der Waals surface area contributed by atoms with Crippen LogP contribution in [0.5, 0.6) is 5.88 Å². The number of aromatic nitrogens is 2. The Morgan fingerprint density at radius 1 is 1.18 bits per heavy atom. The highest BCUT2D eigenvalue weighted by Gasteiger charge is 2.31. The quantitative estimate of drug-likeness (QED) is 0.263. The van der Waals surface area contributed by atoms with Gasteiger partial charge in [-0.25, -0.2) is 18.4 Å². The Morgan fingerprint density at radius 3 is 2.69 bits per heavy atom. The van der Waals surface area contributed by atoms with Crippen LogP contribution in [-0.2, 0) is 19.4 Å². The molecule has 208 valence electrons. The fourth-order valence-electron chi connectivity index (χ4n) is 4.44. The summed E-state index contributed by atoms with van der Waals surface area (Å²) >= 11 is 1.25. The number of amides is 1. The Labute approximate surface area is 231 Å². The zero-order chi connectivity index (χ0) is 27.2. The smallest absolute Gasteiger partial charge is 0.278 e. The lowest BCUT2D eigenvalue weighted by molar-refractivity contribution is -0.110. The van der Waals surface area contributed by atoms with Crippen molar-refractivity contribution >= 4 is 48.3 Å². The molecule has 0 saturated carbocycles. The molecule has 0 bridgehead atoms. The van der Waals surface area contributed by atoms with Gasteiger partial charge in [0.25, 0.3) is 5.91 Å². The van der Waals surface area contributed by atoms with Gasteiger partial charge in [0.15, 0.2) is 20.7 Å². The van der Waals surface area contributed by atoms with Gasteiger partial charge < -0.3 is 14.8 Å². The van der Waals surface area contributed by atoms with Gasteiger partial charge in [-0.15, -0.1) is 0 Å². The number of carbonyl (C=O) groups is 1. The molecule has 4 heterocycles. The van der Waals surface area contributed by atoms with Crippen molar-refractivity contribution in [3.05, 3.63) is 42.0 Å². The number of nitrogens with zero attached hydrogens (tertiary/aromatic N) is 4. The first-order valence-electron chi connectivity index (χ1n) is 13.1. The number of pyridine rings is 1. The number of hydrogen-bond acceptors (Lipinski definition) is 11. The minimum atomic E-state index is -3.50. The average molecular weight is 573 g/mol. The largest absolute Gasteiger partial charge is 0.478 e. The van der Waals surface area contributed by atoms with Crippen molar-refractivity contribution in [3.63, 3.8) is 0 Å². The standard InChI is InChI=1S/C26H32N6O5S2/c1-27-12-4-15-37-22-10-9-21-25(29-22)38-26(28-21)30-24(33)23(31-32-13-2-3-14-32)18-5-7-19(8-6-18)39(34,35)20-11-16-36-17-20/h5-10,20,27H,2-4,11-17H2,1H3,(H,28,30,33)/t20-/m0/s1. The van der Waals surface area contributed by atoms with Crippen molar-refractivity contribution < 1.29 is 22.7 Å². The van der Waals surface area contributed by atoms with E-state index in [1.807, 2.05) is 18.1 Å². The maximum Gasteiger partial charge on any atom is 0.278 e. The summed E-state index contributed by atoms with van der Waals surface area (Å²) < 4.78 is 36.9. The second kappa shape index (κ2) is 12.4. The molecule has 1 aromatic carbocycles. The molecule has 2 aliphatic heterocycles. The molecule has 2 aromatic heterocycles. The van der Waals surface area contributed by atoms with Gasteiger partial charge in [-0.1, -0.05) is 23.5 Å². The first-order valence-corrected chi connectivity index (χ1v) is 15.4. The fourth-order valence-corrected chi connectivity index (χ4v) is 6.85. The number of rotatable bonds is 11. The molecule has 2 N–H and O–H groups in total. The minimum absolute atomic E-state index is 0.200. The molecular formula is C26H32N6O5S2. The number of ether oxygens (including phenoxy) is 2. The lowest BCUT2D eigenvalue weighted by Gasteiger charge is -2.15. The monoisotopic (exact) mass is 572 g/mol. The molecule has 11 nitrogen and oxygen atoms in total. The zero-order valence-corrected chi connectivity index (χ0v) is 23.4. The van der Waals surface area contributed by atoms with Crippen LogP contribution in [-0.4, -0.2) is 86.8 Å². The third-order valence-corrected chi connectivity index (χ3v) is 9.65. The van der Waals surface area contributed by atoms with Crippen LogP contribution in [0.4, 0.5) is 5.13 Å². The first kappa shape index (κ1) is 27.4. The van der Waals surface area contributed by atoms with E-state index in [0.717, 1.165) is 38.9 Å². The summed E-state index contributed by atoms with van der Waals surface area (Å²) in [6.45, 7) is 3.57. The van der Waals surface area contributed by atoms with Crippen LogP contribution in [0.2, 0.25) is 0 Å². The van der Waals surface area contributed by atoms with E-state index in [-0.39, 0.29) is 17.2 Å². The predicted molar refractivity (Wildman–Crippen MR) is 150 cm³/mol. The van der Waals surface area contributed by atoms with Gasteiger partial charge in [-0.3, -0.25) is 15.1 Å². The van der Waals surface area contributed by atoms with Crippen LogP contribution in [0, 0.1) is 0 Å². The fraction of sp³-hybridized carbons (Fsp3) is 0.462. The van der Waals surface area contributed by atoms with Gasteiger partial charge in [0, 0.05) is 31.3 Å². The second-order valence-electron chi connectivity index (χ2n) is 9.42. The number of thiazole rings is 1. The molecule has 3 aromatic rings. The van der Waals surface area contributed by atoms with Gasteiger partial charge in [0.2, 0.25) is 5.88 Å². The van der Waals surface area contributed by atoms with Gasteiger partial charge >= 0.3 is 0 Å². The normalized spacial score (nSPS) is 18.1. The third-order valence-electron chi connectivity index (χ3n) is 6.59. The van der Waals surface area contributed by atoms with Gasteiger partial charge in [0.1, 0.15) is 10.3 Å². The van der Waals surface area contributed by atoms with E-state index in [2.05, 4.69) is 25.7 Å². The number of sulfone groups is 1. The first-order chi connectivity index (χ1) is 18.9. The topological polar surface area (TPSA) is 135 Å². The third kappa shape index (κ3) is 6.55. The van der Waals surface area contributed by atoms with E-state index in [1.54, 1.807) is 18.2 Å². The number of hydrogen-bond donors (Lipinski definition) is 2. The van der Waals surface area contributed by atoms with E-state index in [0.29, 0.717) is 46.6 Å². The molecule has 2 aliphatic rings. The molecule has 1 amide bonds. The van der Waals surface area contributed by atoms with Crippen LogP contribution < -0.4 is 15.4 Å². The van der Waals surface area contributed by atoms with E-state index in [1.165, 1.54) is 23.5 Å². The highest BCUT2D eigenvalue weighted by Crippen LogP contribution is 2.27. The average Bonchev–Trinajstić information content (AvgIpc) is 3.72. The maximum absolute atomic E-state index is 13.5. The van der Waals surface area contributed by atoms with Gasteiger partial charge in [-0.05, 0) is 57.5 Å². The summed E-state index contributed by atoms with van der Waals surface area (Å²) in [6.07, 6.45) is 3.35. The number of nitrogens with one attached hydrogen (secondary N) is 2. The number of benzene rings is 1. The number of anilines is 1. The Hall–Kier alpha value is -3.13. The maximum atomic E-state index is 13.5. The summed E-state index contributed by atoms with van der Waals surface area (Å²) in [5.41, 5.74) is 1.38. The van der Waals surface area contributed by atoms with Crippen LogP contribution in [0.15, 0.2) is 46.4 Å². The molecule has 2 fully saturated rings. The van der Waals surface area contributed by atoms with Crippen LogP contribution in [0.1, 0.15) is 31.2 Å². The van der Waals surface area contributed by atoms with Crippen molar-refractivity contribution in [2.75, 3.05) is 51.8 Å². The molecule has 0 spiro atoms. The highest BCUT2D eigenvalue weighted by atomic mass is 32.2. The molecule has 5 rings (SSSR count). The van der Waals surface area contributed by atoms with Gasteiger partial charge in [-0.2, -0.15) is 5.10 Å². The lowest BCUT2D eigenvalue weighted by Crippen LogP contribution is -2.27. The van der Waals surface area contributed by atoms with Crippen molar-refractivity contribution in [2.45, 2.75) is 35.8 Å². The minimum Gasteiger partial charge on any atom is -0.478 e. The number of hydrazone groups is 1. The molecule has 1 atom stereocenters. The Bertz CT molecular complexity index is 1430. The SMILES string of the molecule is CNCCCOc1ccc2nc(NC(=O)C(=NN3CCCC3)c3ccc(S(=O)(=O)[C@H]4CCOC4)cc3)sc2n1. The van der Waals surface area contributed by atoms with Crippen LogP contribution in [0.3, 0.4) is 0 Å². The Balaban J connectivity index is 1.34. The summed E-state index contributed by atoms with van der Waals surface area (Å²) in [5, 5.41) is 12.3. The van der Waals surface area contributed by atoms with Crippen molar-refractivity contribution in [1.29, 1.82) is 0 Å². The molecular weight excluding hydrogens is 540 g/mol. The van der Waals surface area contributed by atoms with Crippen molar-refractivity contribution in [2.24, 2.45) is 5.10 Å². The lowest BCUT2D eigenvalue weighted by atomic mass is 10.1. The molecule has 2 saturated heterocycles.